The lowest BCUT2D eigenvalue weighted by Gasteiger charge is -2.29. The second-order valence-electron chi connectivity index (χ2n) is 4.67. The van der Waals surface area contributed by atoms with E-state index in [9.17, 15) is 21.6 Å². The van der Waals surface area contributed by atoms with Crippen LogP contribution in [0.5, 0.6) is 0 Å². The van der Waals surface area contributed by atoms with Crippen molar-refractivity contribution in [2.75, 3.05) is 23.0 Å². The van der Waals surface area contributed by atoms with Crippen LogP contribution in [0.25, 0.3) is 0 Å². The minimum atomic E-state index is -3.06. The molecule has 0 spiro atoms. The van der Waals surface area contributed by atoms with Gasteiger partial charge in [-0.3, -0.25) is 4.79 Å². The van der Waals surface area contributed by atoms with E-state index in [0.717, 1.165) is 0 Å². The quantitative estimate of drug-likeness (QED) is 0.607. The van der Waals surface area contributed by atoms with E-state index in [1.54, 1.807) is 0 Å². The van der Waals surface area contributed by atoms with Crippen molar-refractivity contribution in [3.05, 3.63) is 0 Å². The fourth-order valence-electron chi connectivity index (χ4n) is 2.49. The zero-order valence-electron chi connectivity index (χ0n) is 9.28. The Morgan fingerprint density at radius 1 is 0.882 bits per heavy atom. The predicted octanol–water partition coefficient (Wildman–Crippen LogP) is -1.18. The molecule has 0 aliphatic carbocycles. The van der Waals surface area contributed by atoms with Crippen molar-refractivity contribution >= 4 is 26.1 Å². The summed E-state index contributed by atoms with van der Waals surface area (Å²) < 4.78 is 45.4. The third-order valence-electron chi connectivity index (χ3n) is 3.38. The first kappa shape index (κ1) is 12.8. The van der Waals surface area contributed by atoms with E-state index in [4.69, 9.17) is 0 Å². The maximum atomic E-state index is 11.3. The van der Waals surface area contributed by atoms with Gasteiger partial charge in [0.15, 0.2) is 19.7 Å². The van der Waals surface area contributed by atoms with Gasteiger partial charge in [0.25, 0.3) is 0 Å². The second kappa shape index (κ2) is 4.24. The molecule has 1 amide bonds. The Hall–Kier alpha value is -0.630. The number of rotatable bonds is 3. The fraction of sp³-hybridized carbons (Fsp3) is 0.889. The Morgan fingerprint density at radius 3 is 1.53 bits per heavy atom. The predicted molar refractivity (Wildman–Crippen MR) is 62.0 cm³/mol. The van der Waals surface area contributed by atoms with E-state index in [2.05, 4.69) is 0 Å². The van der Waals surface area contributed by atoms with Crippen LogP contribution in [0.1, 0.15) is 12.8 Å². The molecule has 17 heavy (non-hydrogen) atoms. The summed E-state index contributed by atoms with van der Waals surface area (Å²) in [4.78, 5) is 12.4. The van der Waals surface area contributed by atoms with E-state index < -0.39 is 19.7 Å². The molecule has 8 heteroatoms. The van der Waals surface area contributed by atoms with Crippen molar-refractivity contribution in [2.24, 2.45) is 0 Å². The van der Waals surface area contributed by atoms with Crippen LogP contribution in [0, 0.1) is 0 Å². The summed E-state index contributed by atoms with van der Waals surface area (Å²) in [5.41, 5.74) is 0. The lowest BCUT2D eigenvalue weighted by Crippen LogP contribution is -2.43. The lowest BCUT2D eigenvalue weighted by atomic mass is 10.1. The van der Waals surface area contributed by atoms with E-state index in [1.165, 1.54) is 4.90 Å². The van der Waals surface area contributed by atoms with Crippen LogP contribution in [0.3, 0.4) is 0 Å². The summed E-state index contributed by atoms with van der Waals surface area (Å²) in [6, 6.07) is -0.702. The Labute approximate surface area is 101 Å². The van der Waals surface area contributed by atoms with Crippen molar-refractivity contribution in [3.8, 4) is 0 Å². The summed E-state index contributed by atoms with van der Waals surface area (Å²) in [5.74, 6) is 0.0908. The van der Waals surface area contributed by atoms with Gasteiger partial charge in [-0.2, -0.15) is 0 Å². The van der Waals surface area contributed by atoms with Crippen LogP contribution < -0.4 is 0 Å². The van der Waals surface area contributed by atoms with E-state index in [1.807, 2.05) is 0 Å². The number of carbonyl (C=O) groups is 1. The molecule has 0 aromatic carbocycles. The summed E-state index contributed by atoms with van der Waals surface area (Å²) in [6.07, 6.45) is 1.42. The van der Waals surface area contributed by atoms with Crippen LogP contribution in [0.15, 0.2) is 0 Å². The van der Waals surface area contributed by atoms with Gasteiger partial charge >= 0.3 is 0 Å². The highest BCUT2D eigenvalue weighted by atomic mass is 32.2. The van der Waals surface area contributed by atoms with Gasteiger partial charge in [-0.05, 0) is 12.8 Å². The van der Waals surface area contributed by atoms with Crippen molar-refractivity contribution in [2.45, 2.75) is 24.9 Å². The number of carbonyl (C=O) groups excluding carboxylic acids is 1. The molecule has 2 aliphatic rings. The van der Waals surface area contributed by atoms with Gasteiger partial charge in [-0.15, -0.1) is 0 Å². The second-order valence-corrected chi connectivity index (χ2v) is 9.12. The molecule has 98 valence electrons. The van der Waals surface area contributed by atoms with E-state index in [-0.39, 0.29) is 35.1 Å². The number of hydrogen-bond donors (Lipinski definition) is 0. The Morgan fingerprint density at radius 2 is 1.29 bits per heavy atom. The van der Waals surface area contributed by atoms with Crippen LogP contribution in [-0.2, 0) is 24.5 Å². The fourth-order valence-corrected chi connectivity index (χ4v) is 5.94. The van der Waals surface area contributed by atoms with Crippen molar-refractivity contribution in [1.29, 1.82) is 0 Å². The van der Waals surface area contributed by atoms with Gasteiger partial charge in [-0.1, -0.05) is 0 Å². The molecular weight excluding hydrogens is 266 g/mol. The van der Waals surface area contributed by atoms with E-state index >= 15 is 0 Å². The minimum Gasteiger partial charge on any atom is -0.337 e. The summed E-state index contributed by atoms with van der Waals surface area (Å²) in [7, 11) is -6.12. The first-order valence-electron chi connectivity index (χ1n) is 5.46. The molecule has 2 rings (SSSR count). The average Bonchev–Trinajstić information content (AvgIpc) is 2.72. The minimum absolute atomic E-state index is 0.0394. The van der Waals surface area contributed by atoms with Crippen molar-refractivity contribution in [3.63, 3.8) is 0 Å². The third-order valence-corrected chi connectivity index (χ3v) is 6.88. The summed E-state index contributed by atoms with van der Waals surface area (Å²) in [6.45, 7) is 0. The molecule has 0 aromatic rings. The molecule has 2 aliphatic heterocycles. The lowest BCUT2D eigenvalue weighted by molar-refractivity contribution is -0.121. The maximum absolute atomic E-state index is 11.3. The normalized spacial score (nSPS) is 34.6. The molecule has 0 N–H and O–H groups in total. The van der Waals surface area contributed by atoms with Crippen molar-refractivity contribution in [1.82, 2.24) is 4.90 Å². The van der Waals surface area contributed by atoms with Gasteiger partial charge in [0.05, 0.1) is 23.0 Å². The number of sulfone groups is 2. The maximum Gasteiger partial charge on any atom is 0.210 e. The Balaban J connectivity index is 2.11. The average molecular weight is 281 g/mol. The van der Waals surface area contributed by atoms with Crippen LogP contribution in [-0.4, -0.2) is 63.2 Å². The van der Waals surface area contributed by atoms with Crippen LogP contribution in [0.4, 0.5) is 0 Å². The van der Waals surface area contributed by atoms with Gasteiger partial charge in [-0.25, -0.2) is 16.8 Å². The van der Waals surface area contributed by atoms with Gasteiger partial charge < -0.3 is 4.90 Å². The zero-order valence-corrected chi connectivity index (χ0v) is 10.9. The molecular formula is C9H15NO5S2. The standard InChI is InChI=1S/C9H15NO5S2/c11-7-10(8-1-3-16(12,13)5-8)9-2-4-17(14,15)6-9/h7-9H,1-6H2/t8-,9+. The molecule has 6 nitrogen and oxygen atoms in total. The highest BCUT2D eigenvalue weighted by Gasteiger charge is 2.39. The molecule has 0 saturated carbocycles. The first-order valence-corrected chi connectivity index (χ1v) is 9.11. The van der Waals surface area contributed by atoms with Crippen molar-refractivity contribution < 1.29 is 21.6 Å². The largest absolute Gasteiger partial charge is 0.337 e. The monoisotopic (exact) mass is 281 g/mol. The molecule has 0 radical (unpaired) electrons. The van der Waals surface area contributed by atoms with Crippen LogP contribution >= 0.6 is 0 Å². The number of amides is 1. The molecule has 0 unspecified atom stereocenters. The van der Waals surface area contributed by atoms with E-state index in [0.29, 0.717) is 19.3 Å². The van der Waals surface area contributed by atoms with Gasteiger partial charge in [0, 0.05) is 12.1 Å². The Kier molecular flexibility index (Phi) is 3.19. The summed E-state index contributed by atoms with van der Waals surface area (Å²) in [5, 5.41) is 0. The highest BCUT2D eigenvalue weighted by molar-refractivity contribution is 7.92. The number of nitrogens with zero attached hydrogens (tertiary/aromatic N) is 1. The molecule has 0 bridgehead atoms. The molecule has 2 atom stereocenters. The molecule has 2 saturated heterocycles. The molecule has 2 heterocycles. The smallest absolute Gasteiger partial charge is 0.210 e. The number of hydrogen-bond acceptors (Lipinski definition) is 5. The van der Waals surface area contributed by atoms with Crippen LogP contribution in [0.2, 0.25) is 0 Å². The third kappa shape index (κ3) is 2.79. The first-order chi connectivity index (χ1) is 7.83. The highest BCUT2D eigenvalue weighted by Crippen LogP contribution is 2.24. The topological polar surface area (TPSA) is 88.6 Å². The van der Waals surface area contributed by atoms with Gasteiger partial charge in [0.1, 0.15) is 0 Å². The molecule has 0 aromatic heterocycles. The van der Waals surface area contributed by atoms with Gasteiger partial charge in [0.2, 0.25) is 6.41 Å². The zero-order chi connectivity index (χ0) is 12.7. The molecule has 2 fully saturated rings. The SMILES string of the molecule is O=CN([C@@H]1CCS(=O)(=O)C1)[C@H]1CCS(=O)(=O)C1. The summed E-state index contributed by atoms with van der Waals surface area (Å²) >= 11 is 0. The Bertz CT molecular complexity index is 466.